The molecule has 0 atom stereocenters. The number of hydrogen-bond donors (Lipinski definition) is 1. The molecule has 0 aliphatic carbocycles. The first-order chi connectivity index (χ1) is 15.1. The van der Waals surface area contributed by atoms with Gasteiger partial charge >= 0.3 is 0 Å². The van der Waals surface area contributed by atoms with Crippen molar-refractivity contribution >= 4 is 45.2 Å². The van der Waals surface area contributed by atoms with Crippen LogP contribution in [0.25, 0.3) is 6.08 Å². The van der Waals surface area contributed by atoms with Gasteiger partial charge in [-0.1, -0.05) is 56.5 Å². The fourth-order valence-electron chi connectivity index (χ4n) is 2.66. The van der Waals surface area contributed by atoms with Crippen LogP contribution in [-0.2, 0) is 21.4 Å². The lowest BCUT2D eigenvalue weighted by molar-refractivity contribution is -0.114. The maximum atomic E-state index is 12.2. The normalized spacial score (nSPS) is 11.9. The lowest BCUT2D eigenvalue weighted by Crippen LogP contribution is -2.31. The van der Waals surface area contributed by atoms with Gasteiger partial charge in [-0.15, -0.1) is 5.10 Å². The number of unbranched alkanes of at least 4 members (excludes halogenated alkanes) is 1. The average molecular weight is 502 g/mol. The number of nitrogens with zero attached hydrogens (tertiary/aromatic N) is 2. The van der Waals surface area contributed by atoms with Crippen LogP contribution in [0.15, 0.2) is 30.3 Å². The Bertz CT molecular complexity index is 1050. The standard InChI is InChI=1S/C22H29Cl2N3O4S/c1-4-5-11-31-22-14-19(8-9-21(28)26-32(29,30)12-10-16(2)3)27(25-22)15-17-6-7-18(23)13-20(17)24/h6-9,13-14,16H,4-5,10-12,15H2,1-3H3,(H,26,28). The molecule has 10 heteroatoms. The number of ether oxygens (including phenoxy) is 1. The molecule has 2 rings (SSSR count). The van der Waals surface area contributed by atoms with Gasteiger partial charge in [0.15, 0.2) is 0 Å². The summed E-state index contributed by atoms with van der Waals surface area (Å²) in [7, 11) is -3.69. The minimum Gasteiger partial charge on any atom is -0.477 e. The molecule has 0 spiro atoms. The van der Waals surface area contributed by atoms with Crippen LogP contribution in [0.4, 0.5) is 0 Å². The van der Waals surface area contributed by atoms with E-state index in [-0.39, 0.29) is 11.7 Å². The molecule has 1 aromatic carbocycles. The molecule has 0 aliphatic rings. The molecule has 0 unspecified atom stereocenters. The van der Waals surface area contributed by atoms with Crippen LogP contribution in [0.3, 0.4) is 0 Å². The molecular formula is C22H29Cl2N3O4S. The monoisotopic (exact) mass is 501 g/mol. The minimum absolute atomic E-state index is 0.105. The molecule has 0 fully saturated rings. The van der Waals surface area contributed by atoms with E-state index in [0.29, 0.717) is 41.2 Å². The van der Waals surface area contributed by atoms with Crippen LogP contribution in [-0.4, -0.2) is 36.5 Å². The number of rotatable bonds is 12. The number of sulfonamides is 1. The first-order valence-corrected chi connectivity index (χ1v) is 12.9. The molecule has 1 heterocycles. The van der Waals surface area contributed by atoms with E-state index in [0.717, 1.165) is 18.4 Å². The predicted molar refractivity (Wildman–Crippen MR) is 129 cm³/mol. The number of benzene rings is 1. The zero-order valence-corrected chi connectivity index (χ0v) is 20.8. The number of nitrogens with one attached hydrogen (secondary N) is 1. The van der Waals surface area contributed by atoms with Crippen LogP contribution >= 0.6 is 23.2 Å². The molecule has 7 nitrogen and oxygen atoms in total. The molecule has 176 valence electrons. The molecule has 1 amide bonds. The largest absolute Gasteiger partial charge is 0.477 e. The van der Waals surface area contributed by atoms with Gasteiger partial charge < -0.3 is 4.74 Å². The maximum Gasteiger partial charge on any atom is 0.257 e. The third-order valence-electron chi connectivity index (χ3n) is 4.50. The Morgan fingerprint density at radius 3 is 2.69 bits per heavy atom. The van der Waals surface area contributed by atoms with Gasteiger partial charge in [0.1, 0.15) is 0 Å². The summed E-state index contributed by atoms with van der Waals surface area (Å²) in [5.74, 6) is -0.197. The smallest absolute Gasteiger partial charge is 0.257 e. The summed E-state index contributed by atoms with van der Waals surface area (Å²) in [5, 5.41) is 5.46. The number of carbonyl (C=O) groups is 1. The molecule has 32 heavy (non-hydrogen) atoms. The van der Waals surface area contributed by atoms with Gasteiger partial charge in [0.2, 0.25) is 15.9 Å². The molecule has 0 radical (unpaired) electrons. The second kappa shape index (κ2) is 12.3. The van der Waals surface area contributed by atoms with Crippen LogP contribution < -0.4 is 9.46 Å². The number of amides is 1. The van der Waals surface area contributed by atoms with Crippen molar-refractivity contribution < 1.29 is 17.9 Å². The fourth-order valence-corrected chi connectivity index (χ4v) is 4.39. The molecule has 1 aromatic heterocycles. The lowest BCUT2D eigenvalue weighted by atomic mass is 10.2. The molecule has 1 N–H and O–H groups in total. The Morgan fingerprint density at radius 2 is 2.03 bits per heavy atom. The Hall–Kier alpha value is -2.03. The highest BCUT2D eigenvalue weighted by atomic mass is 35.5. The topological polar surface area (TPSA) is 90.3 Å². The average Bonchev–Trinajstić information content (AvgIpc) is 3.08. The molecule has 0 aliphatic heterocycles. The summed E-state index contributed by atoms with van der Waals surface area (Å²) in [6, 6.07) is 6.86. The van der Waals surface area contributed by atoms with Crippen LogP contribution in [0.2, 0.25) is 10.0 Å². The Morgan fingerprint density at radius 1 is 1.28 bits per heavy atom. The second-order valence-electron chi connectivity index (χ2n) is 7.80. The minimum atomic E-state index is -3.69. The van der Waals surface area contributed by atoms with Crippen molar-refractivity contribution in [2.24, 2.45) is 5.92 Å². The lowest BCUT2D eigenvalue weighted by Gasteiger charge is -2.08. The number of halogens is 2. The number of hydrogen-bond acceptors (Lipinski definition) is 5. The number of aromatic nitrogens is 2. The zero-order valence-electron chi connectivity index (χ0n) is 18.5. The SMILES string of the molecule is CCCCOc1cc(C=CC(=O)NS(=O)(=O)CCC(C)C)n(Cc2ccc(Cl)cc2Cl)n1. The summed E-state index contributed by atoms with van der Waals surface area (Å²) in [5.41, 5.74) is 1.35. The quantitative estimate of drug-likeness (QED) is 0.329. The number of carbonyl (C=O) groups excluding carboxylic acids is 1. The van der Waals surface area contributed by atoms with E-state index in [1.807, 2.05) is 13.8 Å². The van der Waals surface area contributed by atoms with Crippen molar-refractivity contribution in [1.29, 1.82) is 0 Å². The summed E-state index contributed by atoms with van der Waals surface area (Å²) < 4.78 is 33.5. The van der Waals surface area contributed by atoms with E-state index in [1.165, 1.54) is 12.2 Å². The predicted octanol–water partition coefficient (Wildman–Crippen LogP) is 4.92. The van der Waals surface area contributed by atoms with Crippen molar-refractivity contribution in [2.75, 3.05) is 12.4 Å². The summed E-state index contributed by atoms with van der Waals surface area (Å²) >= 11 is 12.3. The van der Waals surface area contributed by atoms with E-state index in [4.69, 9.17) is 27.9 Å². The first kappa shape index (κ1) is 26.2. The van der Waals surface area contributed by atoms with E-state index in [2.05, 4.69) is 16.7 Å². The maximum absolute atomic E-state index is 12.2. The molecule has 0 bridgehead atoms. The summed E-state index contributed by atoms with van der Waals surface area (Å²) in [4.78, 5) is 12.2. The summed E-state index contributed by atoms with van der Waals surface area (Å²) in [6.45, 7) is 6.75. The van der Waals surface area contributed by atoms with Gasteiger partial charge in [-0.3, -0.25) is 9.48 Å². The highest BCUT2D eigenvalue weighted by Crippen LogP contribution is 2.23. The van der Waals surface area contributed by atoms with E-state index in [9.17, 15) is 13.2 Å². The van der Waals surface area contributed by atoms with Crippen molar-refractivity contribution in [2.45, 2.75) is 46.6 Å². The Balaban J connectivity index is 2.19. The van der Waals surface area contributed by atoms with Crippen LogP contribution in [0.1, 0.15) is 51.3 Å². The van der Waals surface area contributed by atoms with Crippen molar-refractivity contribution in [3.8, 4) is 5.88 Å². The van der Waals surface area contributed by atoms with Crippen molar-refractivity contribution in [3.63, 3.8) is 0 Å². The van der Waals surface area contributed by atoms with E-state index < -0.39 is 15.9 Å². The first-order valence-electron chi connectivity index (χ1n) is 10.5. The Labute approximate surface area is 199 Å². The molecule has 0 saturated carbocycles. The highest BCUT2D eigenvalue weighted by molar-refractivity contribution is 7.90. The highest BCUT2D eigenvalue weighted by Gasteiger charge is 2.14. The zero-order chi connectivity index (χ0) is 23.7. The van der Waals surface area contributed by atoms with Gasteiger partial charge in [0, 0.05) is 22.2 Å². The molecular weight excluding hydrogens is 473 g/mol. The fraction of sp³-hybridized carbons (Fsp3) is 0.455. The second-order valence-corrected chi connectivity index (χ2v) is 10.5. The van der Waals surface area contributed by atoms with Gasteiger partial charge in [-0.05, 0) is 42.5 Å². The van der Waals surface area contributed by atoms with Crippen LogP contribution in [0.5, 0.6) is 5.88 Å². The van der Waals surface area contributed by atoms with E-state index >= 15 is 0 Å². The van der Waals surface area contributed by atoms with Gasteiger partial charge in [-0.2, -0.15) is 0 Å². The van der Waals surface area contributed by atoms with Gasteiger partial charge in [0.05, 0.1) is 24.6 Å². The van der Waals surface area contributed by atoms with Crippen molar-refractivity contribution in [3.05, 3.63) is 51.6 Å². The van der Waals surface area contributed by atoms with E-state index in [1.54, 1.807) is 28.9 Å². The molecule has 0 saturated heterocycles. The summed E-state index contributed by atoms with van der Waals surface area (Å²) in [6.07, 6.45) is 5.01. The van der Waals surface area contributed by atoms with Gasteiger partial charge in [-0.25, -0.2) is 13.1 Å². The van der Waals surface area contributed by atoms with Crippen LogP contribution in [0, 0.1) is 5.92 Å². The third-order valence-corrected chi connectivity index (χ3v) is 6.37. The Kier molecular flexibility index (Phi) is 10.1. The molecule has 2 aromatic rings. The van der Waals surface area contributed by atoms with Gasteiger partial charge in [0.25, 0.3) is 5.91 Å². The third kappa shape index (κ3) is 8.84. The van der Waals surface area contributed by atoms with Crippen molar-refractivity contribution in [1.82, 2.24) is 14.5 Å².